The van der Waals surface area contributed by atoms with E-state index in [1.807, 2.05) is 30.3 Å². The van der Waals surface area contributed by atoms with E-state index >= 15 is 0 Å². The van der Waals surface area contributed by atoms with Crippen LogP contribution in [0.3, 0.4) is 0 Å². The molecule has 1 aromatic carbocycles. The van der Waals surface area contributed by atoms with Crippen molar-refractivity contribution in [1.82, 2.24) is 9.80 Å². The monoisotopic (exact) mass is 332 g/mol. The molecule has 6 nitrogen and oxygen atoms in total. The molecule has 0 unspecified atom stereocenters. The SMILES string of the molecule is CN(C)C(=O)CCCC(=O)N1C[C@H](C(=O)O)[C@H](c2ccccc2)C1. The van der Waals surface area contributed by atoms with E-state index in [2.05, 4.69) is 0 Å². The summed E-state index contributed by atoms with van der Waals surface area (Å²) in [5, 5.41) is 9.47. The number of benzene rings is 1. The first-order valence-electron chi connectivity index (χ1n) is 8.16. The van der Waals surface area contributed by atoms with Crippen LogP contribution in [0, 0.1) is 5.92 Å². The number of hydrogen-bond donors (Lipinski definition) is 1. The number of aliphatic carboxylic acids is 1. The van der Waals surface area contributed by atoms with Gasteiger partial charge in [0.25, 0.3) is 0 Å². The predicted molar refractivity (Wildman–Crippen MR) is 89.4 cm³/mol. The van der Waals surface area contributed by atoms with E-state index in [1.165, 1.54) is 4.90 Å². The zero-order valence-corrected chi connectivity index (χ0v) is 14.1. The average Bonchev–Trinajstić information content (AvgIpc) is 3.01. The minimum absolute atomic E-state index is 0.00482. The van der Waals surface area contributed by atoms with Crippen molar-refractivity contribution in [3.63, 3.8) is 0 Å². The van der Waals surface area contributed by atoms with Crippen LogP contribution < -0.4 is 0 Å². The number of carbonyl (C=O) groups excluding carboxylic acids is 2. The van der Waals surface area contributed by atoms with E-state index in [0.717, 1.165) is 5.56 Å². The van der Waals surface area contributed by atoms with Crippen molar-refractivity contribution in [3.05, 3.63) is 35.9 Å². The summed E-state index contributed by atoms with van der Waals surface area (Å²) in [6, 6.07) is 9.46. The lowest BCUT2D eigenvalue weighted by Gasteiger charge is -2.17. The lowest BCUT2D eigenvalue weighted by Crippen LogP contribution is -2.30. The minimum Gasteiger partial charge on any atom is -0.481 e. The molecule has 130 valence electrons. The average molecular weight is 332 g/mol. The molecule has 0 radical (unpaired) electrons. The summed E-state index contributed by atoms with van der Waals surface area (Å²) >= 11 is 0. The minimum atomic E-state index is -0.873. The standard InChI is InChI=1S/C18H24N2O4/c1-19(2)16(21)9-6-10-17(22)20-11-14(15(12-20)18(23)24)13-7-4-3-5-8-13/h3-5,7-8,14-15H,6,9-12H2,1-2H3,(H,23,24)/t14-,15-/m0/s1. The number of rotatable bonds is 6. The van der Waals surface area contributed by atoms with Gasteiger partial charge < -0.3 is 14.9 Å². The summed E-state index contributed by atoms with van der Waals surface area (Å²) in [6.07, 6.45) is 1.09. The molecular formula is C18H24N2O4. The van der Waals surface area contributed by atoms with Gasteiger partial charge in [0.15, 0.2) is 0 Å². The fourth-order valence-corrected chi connectivity index (χ4v) is 3.07. The van der Waals surface area contributed by atoms with Crippen LogP contribution in [-0.2, 0) is 14.4 Å². The molecule has 1 heterocycles. The molecule has 1 aromatic rings. The van der Waals surface area contributed by atoms with Crippen molar-refractivity contribution >= 4 is 17.8 Å². The maximum absolute atomic E-state index is 12.3. The highest BCUT2D eigenvalue weighted by Crippen LogP contribution is 2.33. The van der Waals surface area contributed by atoms with Crippen LogP contribution in [0.25, 0.3) is 0 Å². The topological polar surface area (TPSA) is 77.9 Å². The smallest absolute Gasteiger partial charge is 0.308 e. The van der Waals surface area contributed by atoms with Crippen LogP contribution >= 0.6 is 0 Å². The highest BCUT2D eigenvalue weighted by Gasteiger charge is 2.40. The van der Waals surface area contributed by atoms with Crippen LogP contribution in [0.15, 0.2) is 30.3 Å². The molecule has 1 aliphatic heterocycles. The number of amides is 2. The normalized spacial score (nSPS) is 20.0. The van der Waals surface area contributed by atoms with Gasteiger partial charge in [0.1, 0.15) is 0 Å². The second-order valence-electron chi connectivity index (χ2n) is 6.40. The first-order valence-corrected chi connectivity index (χ1v) is 8.16. The molecule has 24 heavy (non-hydrogen) atoms. The Morgan fingerprint density at radius 2 is 1.79 bits per heavy atom. The van der Waals surface area contributed by atoms with E-state index in [9.17, 15) is 19.5 Å². The fraction of sp³-hybridized carbons (Fsp3) is 0.500. The summed E-state index contributed by atoms with van der Waals surface area (Å²) in [4.78, 5) is 38.6. The van der Waals surface area contributed by atoms with Gasteiger partial charge in [0.05, 0.1) is 5.92 Å². The van der Waals surface area contributed by atoms with Crippen molar-refractivity contribution in [1.29, 1.82) is 0 Å². The molecule has 1 aliphatic rings. The zero-order valence-electron chi connectivity index (χ0n) is 14.1. The van der Waals surface area contributed by atoms with Gasteiger partial charge in [-0.05, 0) is 12.0 Å². The third kappa shape index (κ3) is 4.34. The number of hydrogen-bond acceptors (Lipinski definition) is 3. The van der Waals surface area contributed by atoms with Gasteiger partial charge in [-0.3, -0.25) is 14.4 Å². The second-order valence-corrected chi connectivity index (χ2v) is 6.40. The summed E-state index contributed by atoms with van der Waals surface area (Å²) in [6.45, 7) is 0.650. The molecule has 0 aliphatic carbocycles. The Hall–Kier alpha value is -2.37. The third-order valence-corrected chi connectivity index (χ3v) is 4.50. The van der Waals surface area contributed by atoms with E-state index in [1.54, 1.807) is 19.0 Å². The van der Waals surface area contributed by atoms with Gasteiger partial charge in [-0.15, -0.1) is 0 Å². The molecule has 0 saturated carbocycles. The maximum atomic E-state index is 12.3. The molecule has 0 spiro atoms. The van der Waals surface area contributed by atoms with E-state index in [0.29, 0.717) is 19.4 Å². The molecular weight excluding hydrogens is 308 g/mol. The number of carboxylic acids is 1. The molecule has 2 amide bonds. The Morgan fingerprint density at radius 1 is 1.12 bits per heavy atom. The van der Waals surface area contributed by atoms with E-state index in [4.69, 9.17) is 0 Å². The summed E-state index contributed by atoms with van der Waals surface area (Å²) in [7, 11) is 3.37. The second kappa shape index (κ2) is 7.95. The van der Waals surface area contributed by atoms with Crippen LogP contribution in [-0.4, -0.2) is 59.9 Å². The Morgan fingerprint density at radius 3 is 2.38 bits per heavy atom. The Balaban J connectivity index is 1.96. The summed E-state index contributed by atoms with van der Waals surface area (Å²) < 4.78 is 0. The van der Waals surface area contributed by atoms with Gasteiger partial charge in [-0.2, -0.15) is 0 Å². The molecule has 1 saturated heterocycles. The molecule has 2 atom stereocenters. The molecule has 1 fully saturated rings. The van der Waals surface area contributed by atoms with Gasteiger partial charge >= 0.3 is 5.97 Å². The van der Waals surface area contributed by atoms with Gasteiger partial charge in [-0.25, -0.2) is 0 Å². The highest BCUT2D eigenvalue weighted by atomic mass is 16.4. The molecule has 0 bridgehead atoms. The summed E-state index contributed by atoms with van der Waals surface area (Å²) in [5.41, 5.74) is 0.947. The first-order chi connectivity index (χ1) is 11.4. The molecule has 0 aromatic heterocycles. The predicted octanol–water partition coefficient (Wildman–Crippen LogP) is 1.57. The Labute approximate surface area is 142 Å². The Kier molecular flexibility index (Phi) is 5.95. The highest BCUT2D eigenvalue weighted by molar-refractivity contribution is 5.81. The van der Waals surface area contributed by atoms with Crippen LogP contribution in [0.2, 0.25) is 0 Å². The van der Waals surface area contributed by atoms with E-state index in [-0.39, 0.29) is 30.7 Å². The van der Waals surface area contributed by atoms with Crippen LogP contribution in [0.1, 0.15) is 30.7 Å². The largest absolute Gasteiger partial charge is 0.481 e. The van der Waals surface area contributed by atoms with Crippen LogP contribution in [0.5, 0.6) is 0 Å². The third-order valence-electron chi connectivity index (χ3n) is 4.50. The van der Waals surface area contributed by atoms with Crippen molar-refractivity contribution in [2.45, 2.75) is 25.2 Å². The number of likely N-dealkylation sites (tertiary alicyclic amines) is 1. The number of carbonyl (C=O) groups is 3. The fourth-order valence-electron chi connectivity index (χ4n) is 3.07. The lowest BCUT2D eigenvalue weighted by molar-refractivity contribution is -0.141. The van der Waals surface area contributed by atoms with E-state index < -0.39 is 11.9 Å². The summed E-state index contributed by atoms with van der Waals surface area (Å²) in [5.74, 6) is -1.72. The van der Waals surface area contributed by atoms with Crippen molar-refractivity contribution in [2.24, 2.45) is 5.92 Å². The van der Waals surface area contributed by atoms with Crippen molar-refractivity contribution in [3.8, 4) is 0 Å². The first kappa shape index (κ1) is 18.0. The molecule has 2 rings (SSSR count). The van der Waals surface area contributed by atoms with Gasteiger partial charge in [0.2, 0.25) is 11.8 Å². The van der Waals surface area contributed by atoms with Gasteiger partial charge in [0, 0.05) is 45.9 Å². The number of nitrogens with zero attached hydrogens (tertiary/aromatic N) is 2. The van der Waals surface area contributed by atoms with Crippen molar-refractivity contribution < 1.29 is 19.5 Å². The number of carboxylic acid groups (broad SMARTS) is 1. The lowest BCUT2D eigenvalue weighted by atomic mass is 9.89. The maximum Gasteiger partial charge on any atom is 0.308 e. The molecule has 1 N–H and O–H groups in total. The Bertz CT molecular complexity index is 600. The quantitative estimate of drug-likeness (QED) is 0.858. The molecule has 6 heteroatoms. The van der Waals surface area contributed by atoms with Crippen molar-refractivity contribution in [2.75, 3.05) is 27.2 Å². The van der Waals surface area contributed by atoms with Crippen LogP contribution in [0.4, 0.5) is 0 Å². The zero-order chi connectivity index (χ0) is 17.7. The van der Waals surface area contributed by atoms with Gasteiger partial charge in [-0.1, -0.05) is 30.3 Å².